The summed E-state index contributed by atoms with van der Waals surface area (Å²) in [4.78, 5) is 38.9. The topological polar surface area (TPSA) is 84.9 Å². The van der Waals surface area contributed by atoms with Gasteiger partial charge in [0.15, 0.2) is 0 Å². The first-order chi connectivity index (χ1) is 13.2. The minimum atomic E-state index is -0.670. The number of alkyl carbamates (subject to hydrolysis) is 1. The minimum Gasteiger partial charge on any atom is -0.445 e. The van der Waals surface area contributed by atoms with Crippen molar-refractivity contribution < 1.29 is 23.9 Å². The highest BCUT2D eigenvalue weighted by atomic mass is 16.6. The summed E-state index contributed by atoms with van der Waals surface area (Å²) in [6.45, 7) is 7.47. The molecule has 1 aromatic carbocycles. The molecule has 2 bridgehead atoms. The smallest absolute Gasteiger partial charge is 0.417 e. The van der Waals surface area contributed by atoms with Gasteiger partial charge in [0.05, 0.1) is 5.92 Å². The van der Waals surface area contributed by atoms with Crippen molar-refractivity contribution in [2.75, 3.05) is 0 Å². The Kier molecular flexibility index (Phi) is 5.63. The van der Waals surface area contributed by atoms with E-state index in [4.69, 9.17) is 9.47 Å². The molecular weight excluding hydrogens is 360 g/mol. The van der Waals surface area contributed by atoms with E-state index in [9.17, 15) is 14.4 Å². The molecule has 4 atom stereocenters. The third kappa shape index (κ3) is 4.46. The van der Waals surface area contributed by atoms with Crippen LogP contribution in [0.1, 0.15) is 46.1 Å². The maximum absolute atomic E-state index is 12.9. The van der Waals surface area contributed by atoms with Crippen LogP contribution in [-0.2, 0) is 20.9 Å². The Bertz CT molecular complexity index is 743. The first kappa shape index (κ1) is 20.2. The first-order valence-corrected chi connectivity index (χ1v) is 9.69. The molecule has 1 unspecified atom stereocenters. The molecule has 0 radical (unpaired) electrons. The van der Waals surface area contributed by atoms with Gasteiger partial charge in [-0.2, -0.15) is 0 Å². The third-order valence-corrected chi connectivity index (χ3v) is 5.26. The van der Waals surface area contributed by atoms with E-state index in [2.05, 4.69) is 5.32 Å². The minimum absolute atomic E-state index is 0.0645. The van der Waals surface area contributed by atoms with Crippen LogP contribution in [0.25, 0.3) is 0 Å². The van der Waals surface area contributed by atoms with Crippen LogP contribution in [0.2, 0.25) is 0 Å². The zero-order valence-electron chi connectivity index (χ0n) is 16.8. The van der Waals surface area contributed by atoms with Gasteiger partial charge >= 0.3 is 12.2 Å². The summed E-state index contributed by atoms with van der Waals surface area (Å²) in [6.07, 6.45) is -0.0175. The van der Waals surface area contributed by atoms with Crippen molar-refractivity contribution in [3.63, 3.8) is 0 Å². The Morgan fingerprint density at radius 2 is 1.86 bits per heavy atom. The SMILES string of the molecule is C[C@H]1C[C@H](NC(=O)OCc2ccccc2)C2C[C@@H]1N(C(=O)OC(C)(C)C)C2=O. The predicted octanol–water partition coefficient (Wildman–Crippen LogP) is 3.47. The fourth-order valence-corrected chi connectivity index (χ4v) is 3.97. The molecule has 28 heavy (non-hydrogen) atoms. The monoisotopic (exact) mass is 388 g/mol. The molecule has 1 heterocycles. The number of rotatable bonds is 3. The number of imide groups is 1. The lowest BCUT2D eigenvalue weighted by atomic mass is 9.79. The van der Waals surface area contributed by atoms with Crippen LogP contribution in [0.4, 0.5) is 9.59 Å². The van der Waals surface area contributed by atoms with Gasteiger partial charge < -0.3 is 14.8 Å². The molecule has 3 rings (SSSR count). The molecule has 0 spiro atoms. The molecule has 152 valence electrons. The summed E-state index contributed by atoms with van der Waals surface area (Å²) in [5.41, 5.74) is 0.221. The number of carbonyl (C=O) groups excluding carboxylic acids is 3. The molecule has 3 amide bonds. The van der Waals surface area contributed by atoms with Gasteiger partial charge in [0.25, 0.3) is 0 Å². The largest absolute Gasteiger partial charge is 0.445 e. The molecule has 2 fully saturated rings. The third-order valence-electron chi connectivity index (χ3n) is 5.26. The second-order valence-electron chi connectivity index (χ2n) is 8.62. The van der Waals surface area contributed by atoms with Crippen molar-refractivity contribution in [1.29, 1.82) is 0 Å². The summed E-state index contributed by atoms with van der Waals surface area (Å²) >= 11 is 0. The van der Waals surface area contributed by atoms with Crippen LogP contribution in [0.15, 0.2) is 30.3 Å². The number of nitrogens with zero attached hydrogens (tertiary/aromatic N) is 1. The zero-order chi connectivity index (χ0) is 20.5. The molecule has 1 aliphatic heterocycles. The lowest BCUT2D eigenvalue weighted by Crippen LogP contribution is -2.45. The number of carbonyl (C=O) groups is 3. The van der Waals surface area contributed by atoms with Crippen LogP contribution in [0.5, 0.6) is 0 Å². The van der Waals surface area contributed by atoms with Gasteiger partial charge in [0, 0.05) is 12.1 Å². The molecular formula is C21H28N2O5. The van der Waals surface area contributed by atoms with E-state index in [-0.39, 0.29) is 30.5 Å². The summed E-state index contributed by atoms with van der Waals surface area (Å²) < 4.78 is 10.7. The summed E-state index contributed by atoms with van der Waals surface area (Å²) in [7, 11) is 0. The Morgan fingerprint density at radius 1 is 1.18 bits per heavy atom. The maximum Gasteiger partial charge on any atom is 0.417 e. The summed E-state index contributed by atoms with van der Waals surface area (Å²) in [5.74, 6) is -0.649. The van der Waals surface area contributed by atoms with Crippen molar-refractivity contribution in [3.8, 4) is 0 Å². The van der Waals surface area contributed by atoms with Gasteiger partial charge in [-0.3, -0.25) is 4.79 Å². The van der Waals surface area contributed by atoms with Crippen LogP contribution < -0.4 is 5.32 Å². The molecule has 7 heteroatoms. The van der Waals surface area contributed by atoms with Gasteiger partial charge in [0.1, 0.15) is 12.2 Å². The fraction of sp³-hybridized carbons (Fsp3) is 0.571. The highest BCUT2D eigenvalue weighted by molar-refractivity contribution is 5.96. The average molecular weight is 388 g/mol. The van der Waals surface area contributed by atoms with Crippen molar-refractivity contribution in [2.45, 2.75) is 64.8 Å². The molecule has 0 aromatic heterocycles. The number of nitrogens with one attached hydrogen (secondary N) is 1. The molecule has 1 saturated heterocycles. The first-order valence-electron chi connectivity index (χ1n) is 9.69. The van der Waals surface area contributed by atoms with Gasteiger partial charge in [-0.1, -0.05) is 37.3 Å². The van der Waals surface area contributed by atoms with Crippen LogP contribution in [0.3, 0.4) is 0 Å². The number of benzene rings is 1. The lowest BCUT2D eigenvalue weighted by molar-refractivity contribution is -0.131. The number of amides is 3. The number of fused-ring (bicyclic) bond motifs is 2. The van der Waals surface area contributed by atoms with Crippen LogP contribution in [-0.4, -0.2) is 40.7 Å². The standard InChI is InChI=1S/C21H28N2O5/c1-13-10-16(22-19(25)27-12-14-8-6-5-7-9-14)15-11-17(13)23(18(15)24)20(26)28-21(2,3)4/h5-9,13,15-17H,10-12H2,1-4H3,(H,22,25)/t13-,15?,16-,17-/m0/s1. The Labute approximate surface area is 165 Å². The highest BCUT2D eigenvalue weighted by Gasteiger charge is 2.53. The predicted molar refractivity (Wildman–Crippen MR) is 102 cm³/mol. The molecule has 1 N–H and O–H groups in total. The number of ether oxygens (including phenoxy) is 2. The second kappa shape index (κ2) is 7.81. The van der Waals surface area contributed by atoms with E-state index >= 15 is 0 Å². The number of hydrogen-bond donors (Lipinski definition) is 1. The Hall–Kier alpha value is -2.57. The van der Waals surface area contributed by atoms with Crippen LogP contribution in [0, 0.1) is 11.8 Å². The van der Waals surface area contributed by atoms with Crippen molar-refractivity contribution in [3.05, 3.63) is 35.9 Å². The normalized spacial score (nSPS) is 26.7. The van der Waals surface area contributed by atoms with Gasteiger partial charge in [-0.05, 0) is 45.1 Å². The van der Waals surface area contributed by atoms with E-state index < -0.39 is 23.7 Å². The van der Waals surface area contributed by atoms with Gasteiger partial charge in [-0.15, -0.1) is 0 Å². The quantitative estimate of drug-likeness (QED) is 0.857. The summed E-state index contributed by atoms with van der Waals surface area (Å²) in [6, 6.07) is 8.86. The molecule has 1 aliphatic carbocycles. The average Bonchev–Trinajstić information content (AvgIpc) is 2.92. The van der Waals surface area contributed by atoms with E-state index in [1.165, 1.54) is 4.90 Å². The Morgan fingerprint density at radius 3 is 2.50 bits per heavy atom. The maximum atomic E-state index is 12.9. The van der Waals surface area contributed by atoms with E-state index in [0.717, 1.165) is 5.56 Å². The molecule has 2 aliphatic rings. The molecule has 1 saturated carbocycles. The second-order valence-corrected chi connectivity index (χ2v) is 8.62. The Balaban J connectivity index is 1.62. The summed E-state index contributed by atoms with van der Waals surface area (Å²) in [5, 5.41) is 2.82. The van der Waals surface area contributed by atoms with E-state index in [0.29, 0.717) is 12.8 Å². The highest BCUT2D eigenvalue weighted by Crippen LogP contribution is 2.40. The number of likely N-dealkylation sites (tertiary alicyclic amines) is 1. The van der Waals surface area contributed by atoms with Crippen molar-refractivity contribution in [1.82, 2.24) is 10.2 Å². The van der Waals surface area contributed by atoms with Crippen molar-refractivity contribution in [2.24, 2.45) is 11.8 Å². The molecule has 7 nitrogen and oxygen atoms in total. The fourth-order valence-electron chi connectivity index (χ4n) is 3.97. The van der Waals surface area contributed by atoms with E-state index in [1.54, 1.807) is 20.8 Å². The molecule has 1 aromatic rings. The lowest BCUT2D eigenvalue weighted by Gasteiger charge is -2.33. The van der Waals surface area contributed by atoms with Gasteiger partial charge in [-0.25, -0.2) is 14.5 Å². The zero-order valence-corrected chi connectivity index (χ0v) is 16.8. The van der Waals surface area contributed by atoms with E-state index in [1.807, 2.05) is 37.3 Å². The van der Waals surface area contributed by atoms with Gasteiger partial charge in [0.2, 0.25) is 5.91 Å². The van der Waals surface area contributed by atoms with Crippen LogP contribution >= 0.6 is 0 Å². The van der Waals surface area contributed by atoms with Crippen molar-refractivity contribution >= 4 is 18.1 Å². The number of hydrogen-bond acceptors (Lipinski definition) is 5.